The molecule has 0 unspecified atom stereocenters. The van der Waals surface area contributed by atoms with Gasteiger partial charge in [0.2, 0.25) is 5.91 Å². The molecule has 16 heavy (non-hydrogen) atoms. The van der Waals surface area contributed by atoms with Gasteiger partial charge in [-0.25, -0.2) is 0 Å². The number of piperazine rings is 1. The van der Waals surface area contributed by atoms with Crippen LogP contribution in [-0.4, -0.2) is 30.4 Å². The lowest BCUT2D eigenvalue weighted by molar-refractivity contribution is -0.132. The topological polar surface area (TPSA) is 32.3 Å². The number of carbonyl (C=O) groups is 1. The molecule has 0 radical (unpaired) electrons. The maximum absolute atomic E-state index is 11.5. The Kier molecular flexibility index (Phi) is 5.57. The molecular formula is C13H20N2O. The lowest BCUT2D eigenvalue weighted by Gasteiger charge is -2.27. The molecule has 88 valence electrons. The summed E-state index contributed by atoms with van der Waals surface area (Å²) >= 11 is 0. The lowest BCUT2D eigenvalue weighted by atomic mass is 10.2. The normalized spacial score (nSPS) is 15.4. The maximum Gasteiger partial charge on any atom is 0.236 e. The van der Waals surface area contributed by atoms with Gasteiger partial charge >= 0.3 is 0 Å². The van der Waals surface area contributed by atoms with E-state index in [2.05, 4.69) is 17.4 Å². The van der Waals surface area contributed by atoms with Gasteiger partial charge in [0, 0.05) is 19.6 Å². The average Bonchev–Trinajstić information content (AvgIpc) is 2.36. The maximum atomic E-state index is 11.5. The van der Waals surface area contributed by atoms with Crippen molar-refractivity contribution in [3.05, 3.63) is 35.9 Å². The predicted octanol–water partition coefficient (Wildman–Crippen LogP) is 1.64. The molecular weight excluding hydrogens is 200 g/mol. The summed E-state index contributed by atoms with van der Waals surface area (Å²) in [7, 11) is 0. The fraction of sp³-hybridized carbons (Fsp3) is 0.462. The molecule has 1 heterocycles. The van der Waals surface area contributed by atoms with Crippen molar-refractivity contribution in [3.63, 3.8) is 0 Å². The molecule has 3 heteroatoms. The smallest absolute Gasteiger partial charge is 0.236 e. The predicted molar refractivity (Wildman–Crippen MR) is 66.1 cm³/mol. The minimum atomic E-state index is 0.195. The summed E-state index contributed by atoms with van der Waals surface area (Å²) in [5.74, 6) is 0.195. The molecule has 2 rings (SSSR count). The van der Waals surface area contributed by atoms with E-state index in [0.717, 1.165) is 19.6 Å². The Hall–Kier alpha value is -1.35. The van der Waals surface area contributed by atoms with Crippen molar-refractivity contribution in [2.45, 2.75) is 20.4 Å². The van der Waals surface area contributed by atoms with Crippen molar-refractivity contribution in [2.24, 2.45) is 0 Å². The lowest BCUT2D eigenvalue weighted by Crippen LogP contribution is -2.47. The van der Waals surface area contributed by atoms with Crippen LogP contribution in [0, 0.1) is 0 Å². The largest absolute Gasteiger partial charge is 0.336 e. The van der Waals surface area contributed by atoms with E-state index in [1.54, 1.807) is 0 Å². The second-order valence-corrected chi connectivity index (χ2v) is 3.48. The van der Waals surface area contributed by atoms with Crippen LogP contribution in [0.5, 0.6) is 0 Å². The van der Waals surface area contributed by atoms with Gasteiger partial charge in [-0.1, -0.05) is 44.2 Å². The number of rotatable bonds is 2. The van der Waals surface area contributed by atoms with Gasteiger partial charge in [-0.3, -0.25) is 4.79 Å². The summed E-state index contributed by atoms with van der Waals surface area (Å²) in [5, 5.41) is 3.06. The van der Waals surface area contributed by atoms with Gasteiger partial charge in [-0.15, -0.1) is 0 Å². The van der Waals surface area contributed by atoms with Crippen molar-refractivity contribution < 1.29 is 4.79 Å². The van der Waals surface area contributed by atoms with Crippen LogP contribution in [-0.2, 0) is 11.3 Å². The molecule has 3 nitrogen and oxygen atoms in total. The highest BCUT2D eigenvalue weighted by Crippen LogP contribution is 2.05. The first kappa shape index (κ1) is 12.7. The third-order valence-corrected chi connectivity index (χ3v) is 2.40. The van der Waals surface area contributed by atoms with Crippen molar-refractivity contribution in [2.75, 3.05) is 19.6 Å². The first-order valence-electron chi connectivity index (χ1n) is 5.89. The number of nitrogens with zero attached hydrogens (tertiary/aromatic N) is 1. The van der Waals surface area contributed by atoms with E-state index in [1.807, 2.05) is 36.9 Å². The summed E-state index contributed by atoms with van der Waals surface area (Å²) in [6.07, 6.45) is 0. The summed E-state index contributed by atoms with van der Waals surface area (Å²) in [4.78, 5) is 13.4. The molecule has 0 spiro atoms. The fourth-order valence-electron chi connectivity index (χ4n) is 1.62. The molecule has 1 aromatic rings. The highest BCUT2D eigenvalue weighted by Gasteiger charge is 2.16. The van der Waals surface area contributed by atoms with E-state index < -0.39 is 0 Å². The van der Waals surface area contributed by atoms with Crippen LogP contribution in [0.2, 0.25) is 0 Å². The van der Waals surface area contributed by atoms with Crippen molar-refractivity contribution >= 4 is 5.91 Å². The molecule has 1 amide bonds. The van der Waals surface area contributed by atoms with Crippen molar-refractivity contribution in [1.29, 1.82) is 0 Å². The van der Waals surface area contributed by atoms with Gasteiger partial charge in [0.15, 0.2) is 0 Å². The monoisotopic (exact) mass is 220 g/mol. The van der Waals surface area contributed by atoms with E-state index in [9.17, 15) is 4.79 Å². The van der Waals surface area contributed by atoms with E-state index in [0.29, 0.717) is 6.54 Å². The summed E-state index contributed by atoms with van der Waals surface area (Å²) in [6.45, 7) is 6.93. The third kappa shape index (κ3) is 3.66. The molecule has 0 saturated carbocycles. The van der Waals surface area contributed by atoms with Crippen LogP contribution in [0.4, 0.5) is 0 Å². The van der Waals surface area contributed by atoms with Gasteiger partial charge in [-0.05, 0) is 5.56 Å². The van der Waals surface area contributed by atoms with Crippen LogP contribution >= 0.6 is 0 Å². The minimum absolute atomic E-state index is 0.195. The Bertz CT molecular complexity index is 311. The molecule has 1 aliphatic heterocycles. The fourth-order valence-corrected chi connectivity index (χ4v) is 1.62. The van der Waals surface area contributed by atoms with Crippen LogP contribution in [0.15, 0.2) is 30.3 Å². The molecule has 1 aromatic carbocycles. The van der Waals surface area contributed by atoms with Crippen LogP contribution in [0.25, 0.3) is 0 Å². The standard InChI is InChI=1S/C11H14N2O.C2H6/c14-11-8-12-6-7-13(11)9-10-4-2-1-3-5-10;1-2/h1-5,12H,6-9H2;1-2H3. The summed E-state index contributed by atoms with van der Waals surface area (Å²) < 4.78 is 0. The van der Waals surface area contributed by atoms with Gasteiger partial charge in [0.1, 0.15) is 0 Å². The average molecular weight is 220 g/mol. The number of amides is 1. The summed E-state index contributed by atoms with van der Waals surface area (Å²) in [6, 6.07) is 10.1. The molecule has 0 atom stereocenters. The first-order chi connectivity index (χ1) is 7.86. The van der Waals surface area contributed by atoms with Crippen molar-refractivity contribution in [1.82, 2.24) is 10.2 Å². The molecule has 1 fully saturated rings. The Morgan fingerprint density at radius 2 is 1.94 bits per heavy atom. The molecule has 0 aliphatic carbocycles. The number of benzene rings is 1. The zero-order chi connectivity index (χ0) is 11.8. The molecule has 1 aliphatic rings. The van der Waals surface area contributed by atoms with Gasteiger partial charge in [0.05, 0.1) is 6.54 Å². The van der Waals surface area contributed by atoms with Crippen molar-refractivity contribution in [3.8, 4) is 0 Å². The quantitative estimate of drug-likeness (QED) is 0.822. The minimum Gasteiger partial charge on any atom is -0.336 e. The second kappa shape index (κ2) is 7.01. The van der Waals surface area contributed by atoms with Crippen LogP contribution in [0.3, 0.4) is 0 Å². The van der Waals surface area contributed by atoms with E-state index in [-0.39, 0.29) is 5.91 Å². The molecule has 1 N–H and O–H groups in total. The molecule has 1 saturated heterocycles. The number of hydrogen-bond donors (Lipinski definition) is 1. The van der Waals surface area contributed by atoms with Gasteiger partial charge < -0.3 is 10.2 Å². The Labute approximate surface area is 97.5 Å². The highest BCUT2D eigenvalue weighted by atomic mass is 16.2. The van der Waals surface area contributed by atoms with Crippen LogP contribution in [0.1, 0.15) is 19.4 Å². The zero-order valence-corrected chi connectivity index (χ0v) is 10.1. The Morgan fingerprint density at radius 3 is 2.56 bits per heavy atom. The zero-order valence-electron chi connectivity index (χ0n) is 10.1. The summed E-state index contributed by atoms with van der Waals surface area (Å²) in [5.41, 5.74) is 1.20. The first-order valence-corrected chi connectivity index (χ1v) is 5.89. The molecule has 0 bridgehead atoms. The van der Waals surface area contributed by atoms with E-state index in [1.165, 1.54) is 5.56 Å². The van der Waals surface area contributed by atoms with Crippen LogP contribution < -0.4 is 5.32 Å². The number of carbonyl (C=O) groups excluding carboxylic acids is 1. The second-order valence-electron chi connectivity index (χ2n) is 3.48. The number of nitrogens with one attached hydrogen (secondary N) is 1. The number of hydrogen-bond acceptors (Lipinski definition) is 2. The Morgan fingerprint density at radius 1 is 1.25 bits per heavy atom. The third-order valence-electron chi connectivity index (χ3n) is 2.40. The van der Waals surface area contributed by atoms with Gasteiger partial charge in [-0.2, -0.15) is 0 Å². The van der Waals surface area contributed by atoms with E-state index >= 15 is 0 Å². The SMILES string of the molecule is CC.O=C1CNCCN1Cc1ccccc1. The Balaban J connectivity index is 0.000000606. The highest BCUT2D eigenvalue weighted by molar-refractivity contribution is 5.78. The van der Waals surface area contributed by atoms with E-state index in [4.69, 9.17) is 0 Å². The van der Waals surface area contributed by atoms with Gasteiger partial charge in [0.25, 0.3) is 0 Å². The molecule has 0 aromatic heterocycles.